The van der Waals surface area contributed by atoms with E-state index in [0.29, 0.717) is 5.56 Å². The quantitative estimate of drug-likeness (QED) is 0.747. The molecule has 0 aromatic heterocycles. The molecule has 0 aliphatic carbocycles. The highest BCUT2D eigenvalue weighted by molar-refractivity contribution is 7.91. The van der Waals surface area contributed by atoms with E-state index in [2.05, 4.69) is 10.9 Å². The molecule has 1 aromatic rings. The Morgan fingerprint density at radius 3 is 2.25 bits per heavy atom. The zero-order valence-corrected chi connectivity index (χ0v) is 9.97. The van der Waals surface area contributed by atoms with Gasteiger partial charge in [0, 0.05) is 12.6 Å². The molecule has 0 aliphatic rings. The molecule has 2 N–H and O–H groups in total. The lowest BCUT2D eigenvalue weighted by Crippen LogP contribution is -2.34. The van der Waals surface area contributed by atoms with Crippen molar-refractivity contribution in [3.63, 3.8) is 0 Å². The van der Waals surface area contributed by atoms with Crippen LogP contribution in [0.3, 0.4) is 0 Å². The summed E-state index contributed by atoms with van der Waals surface area (Å²) < 4.78 is 23.0. The first-order chi connectivity index (χ1) is 7.51. The molecule has 6 heteroatoms. The van der Waals surface area contributed by atoms with Crippen molar-refractivity contribution >= 4 is 15.7 Å². The van der Waals surface area contributed by atoms with Crippen LogP contribution in [-0.2, 0) is 9.84 Å². The van der Waals surface area contributed by atoms with Gasteiger partial charge in [0.25, 0.3) is 5.91 Å². The minimum atomic E-state index is -3.20. The fraction of sp³-hybridized carbons (Fsp3) is 0.300. The zero-order chi connectivity index (χ0) is 12.2. The Hall–Kier alpha value is -1.40. The zero-order valence-electron chi connectivity index (χ0n) is 9.15. The van der Waals surface area contributed by atoms with Gasteiger partial charge in [0.05, 0.1) is 10.6 Å². The van der Waals surface area contributed by atoms with Crippen LogP contribution in [-0.4, -0.2) is 27.1 Å². The summed E-state index contributed by atoms with van der Waals surface area (Å²) in [5.74, 6) is -0.252. The van der Waals surface area contributed by atoms with Crippen LogP contribution >= 0.6 is 0 Å². The standard InChI is InChI=1S/C10H14N2O3S/c1-3-16(14,15)9-6-4-8(5-7-9)10(13)12-11-2/h4-7,11H,3H2,1-2H3,(H,12,13). The number of hydrogen-bond acceptors (Lipinski definition) is 4. The molecular weight excluding hydrogens is 228 g/mol. The van der Waals surface area contributed by atoms with Crippen molar-refractivity contribution in [1.82, 2.24) is 10.9 Å². The third-order valence-electron chi connectivity index (χ3n) is 2.09. The fourth-order valence-corrected chi connectivity index (χ4v) is 2.05. The summed E-state index contributed by atoms with van der Waals surface area (Å²) in [6.45, 7) is 1.58. The first kappa shape index (κ1) is 12.7. The number of carbonyl (C=O) groups excluding carboxylic acids is 1. The highest BCUT2D eigenvalue weighted by atomic mass is 32.2. The van der Waals surface area contributed by atoms with E-state index >= 15 is 0 Å². The average Bonchev–Trinajstić information content (AvgIpc) is 2.29. The number of sulfone groups is 1. The van der Waals surface area contributed by atoms with E-state index in [1.165, 1.54) is 24.3 Å². The molecule has 1 amide bonds. The Labute approximate surface area is 94.7 Å². The van der Waals surface area contributed by atoms with Gasteiger partial charge in [0.2, 0.25) is 0 Å². The van der Waals surface area contributed by atoms with E-state index in [-0.39, 0.29) is 16.6 Å². The summed E-state index contributed by atoms with van der Waals surface area (Å²) in [6, 6.07) is 5.83. The molecule has 1 aromatic carbocycles. The van der Waals surface area contributed by atoms with E-state index in [9.17, 15) is 13.2 Å². The molecule has 0 saturated heterocycles. The summed E-state index contributed by atoms with van der Waals surface area (Å²) in [7, 11) is -1.62. The lowest BCUT2D eigenvalue weighted by Gasteiger charge is -2.04. The highest BCUT2D eigenvalue weighted by Gasteiger charge is 2.12. The van der Waals surface area contributed by atoms with Crippen LogP contribution in [0.1, 0.15) is 17.3 Å². The summed E-state index contributed by atoms with van der Waals surface area (Å²) in [5.41, 5.74) is 5.31. The summed E-state index contributed by atoms with van der Waals surface area (Å²) in [5, 5.41) is 0. The van der Waals surface area contributed by atoms with Crippen LogP contribution in [0.5, 0.6) is 0 Å². The first-order valence-electron chi connectivity index (χ1n) is 4.81. The lowest BCUT2D eigenvalue weighted by atomic mass is 10.2. The molecule has 16 heavy (non-hydrogen) atoms. The molecule has 0 radical (unpaired) electrons. The van der Waals surface area contributed by atoms with Crippen molar-refractivity contribution in [1.29, 1.82) is 0 Å². The molecule has 5 nitrogen and oxygen atoms in total. The van der Waals surface area contributed by atoms with Gasteiger partial charge < -0.3 is 0 Å². The maximum absolute atomic E-state index is 11.5. The number of hydrogen-bond donors (Lipinski definition) is 2. The molecule has 88 valence electrons. The van der Waals surface area contributed by atoms with Gasteiger partial charge in [-0.05, 0) is 24.3 Å². The Morgan fingerprint density at radius 2 is 1.81 bits per heavy atom. The minimum Gasteiger partial charge on any atom is -0.288 e. The van der Waals surface area contributed by atoms with Crippen LogP contribution < -0.4 is 10.9 Å². The molecule has 0 fully saturated rings. The largest absolute Gasteiger partial charge is 0.288 e. The topological polar surface area (TPSA) is 75.3 Å². The number of rotatable bonds is 4. The van der Waals surface area contributed by atoms with Gasteiger partial charge in [-0.15, -0.1) is 0 Å². The van der Waals surface area contributed by atoms with Crippen LogP contribution in [0.4, 0.5) is 0 Å². The van der Waals surface area contributed by atoms with Gasteiger partial charge in [-0.2, -0.15) is 0 Å². The SMILES string of the molecule is CCS(=O)(=O)c1ccc(C(=O)NNC)cc1. The Kier molecular flexibility index (Phi) is 4.03. The van der Waals surface area contributed by atoms with Gasteiger partial charge in [-0.1, -0.05) is 6.92 Å². The summed E-state index contributed by atoms with van der Waals surface area (Å²) in [6.07, 6.45) is 0. The predicted octanol–water partition coefficient (Wildman–Crippen LogP) is 0.344. The summed E-state index contributed by atoms with van der Waals surface area (Å²) >= 11 is 0. The van der Waals surface area contributed by atoms with Crippen molar-refractivity contribution in [2.45, 2.75) is 11.8 Å². The predicted molar refractivity (Wildman–Crippen MR) is 60.7 cm³/mol. The third kappa shape index (κ3) is 2.80. The van der Waals surface area contributed by atoms with Crippen molar-refractivity contribution in [2.24, 2.45) is 0 Å². The maximum Gasteiger partial charge on any atom is 0.265 e. The van der Waals surface area contributed by atoms with E-state index in [0.717, 1.165) is 0 Å². The molecule has 0 saturated carbocycles. The van der Waals surface area contributed by atoms with Crippen LogP contribution in [0.25, 0.3) is 0 Å². The molecule has 1 rings (SSSR count). The van der Waals surface area contributed by atoms with Crippen molar-refractivity contribution in [2.75, 3.05) is 12.8 Å². The van der Waals surface area contributed by atoms with Gasteiger partial charge in [0.15, 0.2) is 9.84 Å². The molecule has 0 atom stereocenters. The number of carbonyl (C=O) groups is 1. The van der Waals surface area contributed by atoms with Gasteiger partial charge >= 0.3 is 0 Å². The van der Waals surface area contributed by atoms with Crippen LogP contribution in [0.15, 0.2) is 29.2 Å². The van der Waals surface area contributed by atoms with Crippen molar-refractivity contribution in [3.05, 3.63) is 29.8 Å². The number of nitrogens with one attached hydrogen (secondary N) is 2. The van der Waals surface area contributed by atoms with Gasteiger partial charge in [0.1, 0.15) is 0 Å². The third-order valence-corrected chi connectivity index (χ3v) is 3.84. The molecule has 0 bridgehead atoms. The van der Waals surface area contributed by atoms with E-state index < -0.39 is 9.84 Å². The Morgan fingerprint density at radius 1 is 1.25 bits per heavy atom. The van der Waals surface area contributed by atoms with Gasteiger partial charge in [-0.3, -0.25) is 10.2 Å². The number of hydrazine groups is 1. The Bertz CT molecular complexity index is 465. The normalized spacial score (nSPS) is 11.1. The van der Waals surface area contributed by atoms with Gasteiger partial charge in [-0.25, -0.2) is 13.8 Å². The summed E-state index contributed by atoms with van der Waals surface area (Å²) in [4.78, 5) is 11.6. The Balaban J connectivity index is 2.96. The molecule has 0 spiro atoms. The van der Waals surface area contributed by atoms with E-state index in [4.69, 9.17) is 0 Å². The van der Waals surface area contributed by atoms with E-state index in [1.54, 1.807) is 14.0 Å². The average molecular weight is 242 g/mol. The number of benzene rings is 1. The first-order valence-corrected chi connectivity index (χ1v) is 6.46. The maximum atomic E-state index is 11.5. The minimum absolute atomic E-state index is 0.0507. The van der Waals surface area contributed by atoms with E-state index in [1.807, 2.05) is 0 Å². The molecule has 0 unspecified atom stereocenters. The smallest absolute Gasteiger partial charge is 0.265 e. The fourth-order valence-electron chi connectivity index (χ4n) is 1.17. The molecular formula is C10H14N2O3S. The van der Waals surface area contributed by atoms with Crippen LogP contribution in [0.2, 0.25) is 0 Å². The molecule has 0 aliphatic heterocycles. The van der Waals surface area contributed by atoms with Crippen molar-refractivity contribution in [3.8, 4) is 0 Å². The number of amides is 1. The second kappa shape index (κ2) is 5.09. The highest BCUT2D eigenvalue weighted by Crippen LogP contribution is 2.12. The second-order valence-corrected chi connectivity index (χ2v) is 5.41. The second-order valence-electron chi connectivity index (χ2n) is 3.13. The van der Waals surface area contributed by atoms with Crippen LogP contribution in [0, 0.1) is 0 Å². The lowest BCUT2D eigenvalue weighted by molar-refractivity contribution is 0.0938. The molecule has 0 heterocycles. The van der Waals surface area contributed by atoms with Crippen molar-refractivity contribution < 1.29 is 13.2 Å². The monoisotopic (exact) mass is 242 g/mol.